The number of carboxylic acids is 1. The molecule has 3 rings (SSSR count). The molecule has 2 atom stereocenters. The van der Waals surface area contributed by atoms with Crippen molar-refractivity contribution in [2.75, 3.05) is 69.6 Å². The molecule has 1 fully saturated rings. The molecule has 0 bridgehead atoms. The molecule has 17 heteroatoms. The van der Waals surface area contributed by atoms with Crippen molar-refractivity contribution in [2.45, 2.75) is 50.5 Å². The number of carboxylic acid groups (broad SMARTS) is 1. The van der Waals surface area contributed by atoms with E-state index in [2.05, 4.69) is 15.5 Å². The SMILES string of the molecule is CC(C)OCCN(C(=O)C(SCCNC(=O)CC[C@@H](N)C(=O)O)C(=O)NCC(N)=O)c1ccc(C(=O)N2CCN(CCc3ccc(Cl)cc3)CC2)cc1. The van der Waals surface area contributed by atoms with Crippen molar-refractivity contribution in [3.63, 3.8) is 0 Å². The number of rotatable bonds is 21. The number of benzene rings is 2. The van der Waals surface area contributed by atoms with Gasteiger partial charge in [-0.1, -0.05) is 23.7 Å². The van der Waals surface area contributed by atoms with Crippen LogP contribution in [-0.2, 0) is 35.1 Å². The number of carbonyl (C=O) groups excluding carboxylic acids is 5. The van der Waals surface area contributed by atoms with Gasteiger partial charge in [-0.3, -0.25) is 33.7 Å². The third-order valence-corrected chi connectivity index (χ3v) is 9.80. The number of anilines is 1. The van der Waals surface area contributed by atoms with E-state index in [1.165, 1.54) is 10.5 Å². The number of nitrogens with two attached hydrogens (primary N) is 2. The van der Waals surface area contributed by atoms with E-state index in [1.54, 1.807) is 24.3 Å². The monoisotopic (exact) mass is 775 g/mol. The average molecular weight is 776 g/mol. The highest BCUT2D eigenvalue weighted by Crippen LogP contribution is 2.22. The second-order valence-electron chi connectivity index (χ2n) is 12.7. The first-order valence-electron chi connectivity index (χ1n) is 17.5. The first-order chi connectivity index (χ1) is 25.2. The highest BCUT2D eigenvalue weighted by molar-refractivity contribution is 8.01. The molecule has 0 aliphatic carbocycles. The Morgan fingerprint density at radius 2 is 1.64 bits per heavy atom. The molecule has 15 nitrogen and oxygen atoms in total. The lowest BCUT2D eigenvalue weighted by Gasteiger charge is -2.35. The van der Waals surface area contributed by atoms with Gasteiger partial charge in [-0.05, 0) is 68.7 Å². The van der Waals surface area contributed by atoms with E-state index in [9.17, 15) is 28.8 Å². The molecule has 0 radical (unpaired) electrons. The van der Waals surface area contributed by atoms with Crippen LogP contribution in [0.3, 0.4) is 0 Å². The number of amides is 5. The Bertz CT molecular complexity index is 1540. The molecule has 0 saturated carbocycles. The molecule has 0 spiro atoms. The predicted octanol–water partition coefficient (Wildman–Crippen LogP) is 1.11. The molecule has 7 N–H and O–H groups in total. The van der Waals surface area contributed by atoms with Crippen LogP contribution >= 0.6 is 23.4 Å². The van der Waals surface area contributed by atoms with E-state index in [1.807, 2.05) is 43.0 Å². The number of nitrogens with one attached hydrogen (secondary N) is 2. The van der Waals surface area contributed by atoms with Gasteiger partial charge >= 0.3 is 5.97 Å². The van der Waals surface area contributed by atoms with Crippen molar-refractivity contribution in [3.05, 3.63) is 64.7 Å². The number of halogens is 1. The Morgan fingerprint density at radius 1 is 0.981 bits per heavy atom. The molecule has 1 aliphatic rings. The summed E-state index contributed by atoms with van der Waals surface area (Å²) in [5, 5.41) is 13.3. The Kier molecular flexibility index (Phi) is 18.0. The Balaban J connectivity index is 1.66. The van der Waals surface area contributed by atoms with E-state index in [0.717, 1.165) is 37.8 Å². The molecule has 1 unspecified atom stereocenters. The summed E-state index contributed by atoms with van der Waals surface area (Å²) in [5.41, 5.74) is 12.8. The quantitative estimate of drug-likeness (QED) is 0.0894. The fourth-order valence-corrected chi connectivity index (χ4v) is 6.45. The largest absolute Gasteiger partial charge is 0.480 e. The number of thioether (sulfide) groups is 1. The molecular formula is C36H50ClN7O8S. The summed E-state index contributed by atoms with van der Waals surface area (Å²) in [6, 6.07) is 13.2. The van der Waals surface area contributed by atoms with Gasteiger partial charge in [0.05, 0.1) is 19.3 Å². The number of piperazine rings is 1. The maximum absolute atomic E-state index is 14.1. The predicted molar refractivity (Wildman–Crippen MR) is 204 cm³/mol. The third kappa shape index (κ3) is 15.0. The van der Waals surface area contributed by atoms with Crippen LogP contribution in [0.2, 0.25) is 5.02 Å². The number of nitrogens with zero attached hydrogens (tertiary/aromatic N) is 3. The van der Waals surface area contributed by atoms with Crippen LogP contribution in [0.1, 0.15) is 42.6 Å². The summed E-state index contributed by atoms with van der Waals surface area (Å²) in [4.78, 5) is 80.7. The van der Waals surface area contributed by atoms with Crippen molar-refractivity contribution in [1.82, 2.24) is 20.4 Å². The fourth-order valence-electron chi connectivity index (χ4n) is 5.36. The van der Waals surface area contributed by atoms with Crippen LogP contribution in [0.4, 0.5) is 5.69 Å². The number of hydrogen-bond donors (Lipinski definition) is 5. The zero-order valence-electron chi connectivity index (χ0n) is 30.1. The van der Waals surface area contributed by atoms with Gasteiger partial charge in [0.25, 0.3) is 5.91 Å². The van der Waals surface area contributed by atoms with Gasteiger partial charge in [0.1, 0.15) is 6.04 Å². The van der Waals surface area contributed by atoms with E-state index >= 15 is 0 Å². The summed E-state index contributed by atoms with van der Waals surface area (Å²) in [6.45, 7) is 7.06. The second-order valence-corrected chi connectivity index (χ2v) is 14.4. The summed E-state index contributed by atoms with van der Waals surface area (Å²) in [7, 11) is 0. The van der Waals surface area contributed by atoms with E-state index in [4.69, 9.17) is 32.9 Å². The molecule has 290 valence electrons. The summed E-state index contributed by atoms with van der Waals surface area (Å²) in [5.74, 6) is -3.76. The summed E-state index contributed by atoms with van der Waals surface area (Å²) < 4.78 is 5.71. The fraction of sp³-hybridized carbons (Fsp3) is 0.500. The van der Waals surface area contributed by atoms with E-state index < -0.39 is 47.4 Å². The maximum Gasteiger partial charge on any atom is 0.320 e. The van der Waals surface area contributed by atoms with Gasteiger partial charge in [0, 0.05) is 74.3 Å². The molecule has 2 aromatic carbocycles. The number of primary amides is 1. The Hall–Kier alpha value is -4.22. The van der Waals surface area contributed by atoms with E-state index in [0.29, 0.717) is 29.4 Å². The minimum atomic E-state index is -1.33. The van der Waals surface area contributed by atoms with Crippen molar-refractivity contribution >= 4 is 64.6 Å². The Labute approximate surface area is 319 Å². The smallest absolute Gasteiger partial charge is 0.320 e. The van der Waals surface area contributed by atoms with Crippen molar-refractivity contribution in [3.8, 4) is 0 Å². The van der Waals surface area contributed by atoms with E-state index in [-0.39, 0.29) is 50.3 Å². The number of hydrogen-bond acceptors (Lipinski definition) is 10. The summed E-state index contributed by atoms with van der Waals surface area (Å²) in [6.07, 6.45) is 0.606. The van der Waals surface area contributed by atoms with Crippen LogP contribution in [-0.4, -0.2) is 133 Å². The van der Waals surface area contributed by atoms with Crippen LogP contribution in [0.15, 0.2) is 48.5 Å². The van der Waals surface area contributed by atoms with Crippen LogP contribution in [0, 0.1) is 0 Å². The normalized spacial score (nSPS) is 14.3. The van der Waals surface area contributed by atoms with Gasteiger partial charge in [0.2, 0.25) is 23.6 Å². The number of aliphatic carboxylic acids is 1. The lowest BCUT2D eigenvalue weighted by molar-refractivity contribution is -0.138. The molecule has 53 heavy (non-hydrogen) atoms. The summed E-state index contributed by atoms with van der Waals surface area (Å²) >= 11 is 6.95. The first kappa shape index (κ1) is 43.2. The van der Waals surface area contributed by atoms with Gasteiger partial charge in [-0.15, -0.1) is 11.8 Å². The third-order valence-electron chi connectivity index (χ3n) is 8.36. The van der Waals surface area contributed by atoms with Crippen LogP contribution < -0.4 is 27.0 Å². The Morgan fingerprint density at radius 3 is 2.25 bits per heavy atom. The van der Waals surface area contributed by atoms with Crippen molar-refractivity contribution in [1.29, 1.82) is 0 Å². The molecule has 1 aliphatic heterocycles. The number of ether oxygens (including phenoxy) is 1. The minimum absolute atomic E-state index is 0.0504. The molecule has 5 amide bonds. The number of carbonyl (C=O) groups is 6. The molecular weight excluding hydrogens is 726 g/mol. The zero-order chi connectivity index (χ0) is 38.9. The highest BCUT2D eigenvalue weighted by Gasteiger charge is 2.32. The lowest BCUT2D eigenvalue weighted by atomic mass is 10.1. The lowest BCUT2D eigenvalue weighted by Crippen LogP contribution is -2.49. The zero-order valence-corrected chi connectivity index (χ0v) is 31.7. The second kappa shape index (κ2) is 22.1. The molecule has 0 aromatic heterocycles. The maximum atomic E-state index is 14.1. The van der Waals surface area contributed by atoms with Crippen molar-refractivity contribution < 1.29 is 38.6 Å². The van der Waals surface area contributed by atoms with Gasteiger partial charge < -0.3 is 41.7 Å². The average Bonchev–Trinajstić information content (AvgIpc) is 3.14. The van der Waals surface area contributed by atoms with Gasteiger partial charge in [0.15, 0.2) is 5.25 Å². The molecule has 1 heterocycles. The van der Waals surface area contributed by atoms with Crippen molar-refractivity contribution in [2.24, 2.45) is 11.5 Å². The molecule has 1 saturated heterocycles. The topological polar surface area (TPSA) is 218 Å². The standard InChI is InChI=1S/C36H50ClN7O8S/c1-24(2)52-21-20-44(35(49)32(33(47)41-23-30(39)45)53-22-14-40-31(46)12-11-29(38)36(50)51)28-9-5-26(6-10-28)34(48)43-18-16-42(17-19-43)15-13-25-3-7-27(37)8-4-25/h3-10,24,29,32H,11-23,38H2,1-2H3,(H2,39,45)(H,40,46)(H,41,47)(H,50,51)/t29-,32?/m1/s1. The minimum Gasteiger partial charge on any atom is -0.480 e. The van der Waals surface area contributed by atoms with Crippen LogP contribution in [0.5, 0.6) is 0 Å². The highest BCUT2D eigenvalue weighted by atomic mass is 35.5. The molecule has 2 aromatic rings. The van der Waals surface area contributed by atoms with Gasteiger partial charge in [-0.2, -0.15) is 0 Å². The van der Waals surface area contributed by atoms with Crippen LogP contribution in [0.25, 0.3) is 0 Å². The van der Waals surface area contributed by atoms with Gasteiger partial charge in [-0.25, -0.2) is 0 Å². The first-order valence-corrected chi connectivity index (χ1v) is 18.9.